The Morgan fingerprint density at radius 2 is 2.25 bits per heavy atom. The monoisotopic (exact) mass is 220 g/mol. The zero-order chi connectivity index (χ0) is 12.1. The number of rotatable bonds is 4. The largest absolute Gasteiger partial charge is 0.295 e. The Morgan fingerprint density at radius 3 is 2.75 bits per heavy atom. The summed E-state index contributed by atoms with van der Waals surface area (Å²) in [6.07, 6.45) is 8.38. The molecule has 1 atom stereocenters. The summed E-state index contributed by atoms with van der Waals surface area (Å²) in [7, 11) is 0. The average molecular weight is 220 g/mol. The van der Waals surface area contributed by atoms with Gasteiger partial charge in [0.05, 0.1) is 0 Å². The third kappa shape index (κ3) is 4.34. The van der Waals surface area contributed by atoms with E-state index in [1.165, 1.54) is 24.0 Å². The maximum absolute atomic E-state index is 11.7. The van der Waals surface area contributed by atoms with Crippen molar-refractivity contribution in [1.29, 1.82) is 0 Å². The van der Waals surface area contributed by atoms with E-state index < -0.39 is 0 Å². The van der Waals surface area contributed by atoms with Gasteiger partial charge in [-0.2, -0.15) is 0 Å². The summed E-state index contributed by atoms with van der Waals surface area (Å²) in [6, 6.07) is 0. The highest BCUT2D eigenvalue weighted by atomic mass is 16.1. The molecule has 0 radical (unpaired) electrons. The molecule has 0 spiro atoms. The molecule has 0 saturated heterocycles. The molecular weight excluding hydrogens is 196 g/mol. The fraction of sp³-hybridized carbons (Fsp3) is 0.667. The Morgan fingerprint density at radius 1 is 1.56 bits per heavy atom. The van der Waals surface area contributed by atoms with E-state index in [1.54, 1.807) is 0 Å². The lowest BCUT2D eigenvalue weighted by Gasteiger charge is -2.21. The molecule has 16 heavy (non-hydrogen) atoms. The molecule has 0 aromatic rings. The highest BCUT2D eigenvalue weighted by molar-refractivity contribution is 5.90. The van der Waals surface area contributed by atoms with Crippen molar-refractivity contribution >= 4 is 5.78 Å². The molecule has 0 N–H and O–H groups in total. The van der Waals surface area contributed by atoms with Crippen molar-refractivity contribution in [3.63, 3.8) is 0 Å². The van der Waals surface area contributed by atoms with E-state index >= 15 is 0 Å². The lowest BCUT2D eigenvalue weighted by Crippen LogP contribution is -2.08. The Bertz CT molecular complexity index is 307. The second-order valence-corrected chi connectivity index (χ2v) is 5.47. The lowest BCUT2D eigenvalue weighted by molar-refractivity contribution is -0.115. The van der Waals surface area contributed by atoms with Gasteiger partial charge < -0.3 is 0 Å². The first-order valence-electron chi connectivity index (χ1n) is 6.35. The number of carbonyl (C=O) groups is 1. The van der Waals surface area contributed by atoms with E-state index in [0.29, 0.717) is 24.0 Å². The van der Waals surface area contributed by atoms with E-state index in [4.69, 9.17) is 0 Å². The van der Waals surface area contributed by atoms with Crippen molar-refractivity contribution < 1.29 is 4.79 Å². The first-order valence-corrected chi connectivity index (χ1v) is 6.35. The van der Waals surface area contributed by atoms with Gasteiger partial charge in [-0.15, -0.1) is 0 Å². The number of allylic oxidation sites excluding steroid dienone is 4. The fourth-order valence-electron chi connectivity index (χ4n) is 2.21. The highest BCUT2D eigenvalue weighted by Gasteiger charge is 2.15. The molecular formula is C15H24O. The number of carbonyl (C=O) groups excluding carboxylic acids is 1. The molecule has 1 aliphatic carbocycles. The molecule has 0 amide bonds. The first-order chi connectivity index (χ1) is 7.49. The summed E-state index contributed by atoms with van der Waals surface area (Å²) in [6.45, 7) is 8.48. The summed E-state index contributed by atoms with van der Waals surface area (Å²) in [5.74, 6) is 1.35. The molecule has 0 aromatic carbocycles. The van der Waals surface area contributed by atoms with Crippen molar-refractivity contribution in [2.45, 2.75) is 53.4 Å². The van der Waals surface area contributed by atoms with E-state index in [2.05, 4.69) is 33.8 Å². The van der Waals surface area contributed by atoms with Crippen molar-refractivity contribution in [3.8, 4) is 0 Å². The number of ketones is 1. The first kappa shape index (κ1) is 13.2. The Labute approximate surface area is 99.6 Å². The standard InChI is InChI=1S/C15H24O/c1-11(2)9-15(16)10-13(4)14-7-5-12(3)6-8-14/h5,10-11,14H,6-9H2,1-4H3/b13-10+/t14-/m0/s1. The predicted octanol–water partition coefficient (Wildman–Crippen LogP) is 4.29. The molecule has 0 heterocycles. The van der Waals surface area contributed by atoms with Crippen LogP contribution in [0.4, 0.5) is 0 Å². The van der Waals surface area contributed by atoms with Gasteiger partial charge in [0.2, 0.25) is 0 Å². The van der Waals surface area contributed by atoms with Gasteiger partial charge in [0.25, 0.3) is 0 Å². The third-order valence-electron chi connectivity index (χ3n) is 3.28. The molecule has 0 bridgehead atoms. The molecule has 1 aliphatic rings. The third-order valence-corrected chi connectivity index (χ3v) is 3.28. The quantitative estimate of drug-likeness (QED) is 0.510. The smallest absolute Gasteiger partial charge is 0.155 e. The number of hydrogen-bond acceptors (Lipinski definition) is 1. The molecule has 1 heteroatoms. The zero-order valence-corrected chi connectivity index (χ0v) is 11.0. The minimum atomic E-state index is 0.291. The molecule has 1 rings (SSSR count). The van der Waals surface area contributed by atoms with E-state index in [1.807, 2.05) is 6.08 Å². The Kier molecular flexibility index (Phi) is 4.98. The Balaban J connectivity index is 2.54. The molecule has 0 unspecified atom stereocenters. The van der Waals surface area contributed by atoms with Crippen molar-refractivity contribution in [1.82, 2.24) is 0 Å². The van der Waals surface area contributed by atoms with Crippen LogP contribution in [0, 0.1) is 11.8 Å². The molecule has 0 aliphatic heterocycles. The topological polar surface area (TPSA) is 17.1 Å². The predicted molar refractivity (Wildman–Crippen MR) is 69.3 cm³/mol. The molecule has 0 fully saturated rings. The van der Waals surface area contributed by atoms with E-state index in [9.17, 15) is 4.79 Å². The van der Waals surface area contributed by atoms with Gasteiger partial charge in [-0.1, -0.05) is 31.1 Å². The van der Waals surface area contributed by atoms with Crippen LogP contribution in [0.3, 0.4) is 0 Å². The molecule has 90 valence electrons. The summed E-state index contributed by atoms with van der Waals surface area (Å²) in [5, 5.41) is 0. The van der Waals surface area contributed by atoms with Gasteiger partial charge in [-0.3, -0.25) is 4.79 Å². The summed E-state index contributed by atoms with van der Waals surface area (Å²) in [5.41, 5.74) is 2.77. The van der Waals surface area contributed by atoms with Gasteiger partial charge >= 0.3 is 0 Å². The van der Waals surface area contributed by atoms with Crippen LogP contribution in [0.15, 0.2) is 23.3 Å². The minimum Gasteiger partial charge on any atom is -0.295 e. The van der Waals surface area contributed by atoms with Crippen molar-refractivity contribution in [3.05, 3.63) is 23.3 Å². The summed E-state index contributed by atoms with van der Waals surface area (Å²) in [4.78, 5) is 11.7. The normalized spacial score (nSPS) is 22.2. The van der Waals surface area contributed by atoms with Crippen LogP contribution in [0.1, 0.15) is 53.4 Å². The minimum absolute atomic E-state index is 0.291. The SMILES string of the molecule is CC1=CC[C@H](/C(C)=C/C(=O)CC(C)C)CC1. The maximum atomic E-state index is 11.7. The molecule has 0 aromatic heterocycles. The van der Waals surface area contributed by atoms with Crippen LogP contribution in [0.2, 0.25) is 0 Å². The van der Waals surface area contributed by atoms with Gasteiger partial charge in [0.15, 0.2) is 5.78 Å². The lowest BCUT2D eigenvalue weighted by atomic mass is 9.84. The summed E-state index contributed by atoms with van der Waals surface area (Å²) < 4.78 is 0. The van der Waals surface area contributed by atoms with Crippen molar-refractivity contribution in [2.75, 3.05) is 0 Å². The van der Waals surface area contributed by atoms with Gasteiger partial charge in [0, 0.05) is 6.42 Å². The van der Waals surface area contributed by atoms with Crippen LogP contribution in [-0.4, -0.2) is 5.78 Å². The van der Waals surface area contributed by atoms with Gasteiger partial charge in [-0.25, -0.2) is 0 Å². The second-order valence-electron chi connectivity index (χ2n) is 5.47. The van der Waals surface area contributed by atoms with Crippen LogP contribution in [0.5, 0.6) is 0 Å². The second kappa shape index (κ2) is 6.03. The number of hydrogen-bond donors (Lipinski definition) is 0. The van der Waals surface area contributed by atoms with Crippen molar-refractivity contribution in [2.24, 2.45) is 11.8 Å². The highest BCUT2D eigenvalue weighted by Crippen LogP contribution is 2.28. The summed E-state index contributed by atoms with van der Waals surface area (Å²) >= 11 is 0. The van der Waals surface area contributed by atoms with Crippen LogP contribution in [0.25, 0.3) is 0 Å². The molecule has 0 saturated carbocycles. The molecule has 1 nitrogen and oxygen atoms in total. The van der Waals surface area contributed by atoms with Gasteiger partial charge in [-0.05, 0) is 51.0 Å². The maximum Gasteiger partial charge on any atom is 0.155 e. The van der Waals surface area contributed by atoms with Gasteiger partial charge in [0.1, 0.15) is 0 Å². The average Bonchev–Trinajstić information content (AvgIpc) is 2.16. The fourth-order valence-corrected chi connectivity index (χ4v) is 2.21. The van der Waals surface area contributed by atoms with Crippen LogP contribution < -0.4 is 0 Å². The zero-order valence-electron chi connectivity index (χ0n) is 11.0. The van der Waals surface area contributed by atoms with E-state index in [0.717, 1.165) is 6.42 Å². The van der Waals surface area contributed by atoms with Crippen LogP contribution >= 0.6 is 0 Å². The Hall–Kier alpha value is -0.850. The van der Waals surface area contributed by atoms with Crippen LogP contribution in [-0.2, 0) is 4.79 Å². The van der Waals surface area contributed by atoms with E-state index in [-0.39, 0.29) is 0 Å².